The standard InChI is InChI=1S/C16H23BrN2O/c1-16(13-2-3-13)12-19(9-8-18-16)10-11-20-15-6-4-14(17)5-7-15/h4-7,13,18H,2-3,8-12H2,1H3. The van der Waals surface area contributed by atoms with Crippen LogP contribution in [0.1, 0.15) is 19.8 Å². The van der Waals surface area contributed by atoms with Gasteiger partial charge in [0.05, 0.1) is 0 Å². The Labute approximate surface area is 129 Å². The van der Waals surface area contributed by atoms with Gasteiger partial charge in [-0.1, -0.05) is 15.9 Å². The molecule has 3 nitrogen and oxygen atoms in total. The lowest BCUT2D eigenvalue weighted by Crippen LogP contribution is -2.60. The molecule has 2 fully saturated rings. The van der Waals surface area contributed by atoms with E-state index in [2.05, 4.69) is 33.1 Å². The molecule has 4 heteroatoms. The second kappa shape index (κ2) is 6.04. The van der Waals surface area contributed by atoms with Gasteiger partial charge in [0, 0.05) is 36.2 Å². The van der Waals surface area contributed by atoms with Gasteiger partial charge in [0.15, 0.2) is 0 Å². The van der Waals surface area contributed by atoms with E-state index in [1.165, 1.54) is 12.8 Å². The maximum absolute atomic E-state index is 5.83. The molecule has 20 heavy (non-hydrogen) atoms. The highest BCUT2D eigenvalue weighted by molar-refractivity contribution is 9.10. The van der Waals surface area contributed by atoms with Gasteiger partial charge in [0.2, 0.25) is 0 Å². The SMILES string of the molecule is CC1(C2CC2)CN(CCOc2ccc(Br)cc2)CCN1. The third kappa shape index (κ3) is 3.54. The summed E-state index contributed by atoms with van der Waals surface area (Å²) in [6.45, 7) is 7.55. The smallest absolute Gasteiger partial charge is 0.119 e. The minimum Gasteiger partial charge on any atom is -0.492 e. The number of halogens is 1. The van der Waals surface area contributed by atoms with Gasteiger partial charge >= 0.3 is 0 Å². The minimum absolute atomic E-state index is 0.329. The summed E-state index contributed by atoms with van der Waals surface area (Å²) >= 11 is 3.44. The van der Waals surface area contributed by atoms with E-state index in [4.69, 9.17) is 4.74 Å². The zero-order valence-electron chi connectivity index (χ0n) is 12.1. The molecule has 1 unspecified atom stereocenters. The van der Waals surface area contributed by atoms with Crippen molar-refractivity contribution in [1.82, 2.24) is 10.2 Å². The maximum Gasteiger partial charge on any atom is 0.119 e. The summed E-state index contributed by atoms with van der Waals surface area (Å²) in [6.07, 6.45) is 2.79. The average molecular weight is 339 g/mol. The van der Waals surface area contributed by atoms with Gasteiger partial charge in [-0.3, -0.25) is 4.90 Å². The first kappa shape index (κ1) is 14.4. The average Bonchev–Trinajstić information content (AvgIpc) is 3.26. The molecule has 1 aromatic carbocycles. The number of ether oxygens (including phenoxy) is 1. The summed E-state index contributed by atoms with van der Waals surface area (Å²) in [6, 6.07) is 8.06. The number of benzene rings is 1. The van der Waals surface area contributed by atoms with Crippen molar-refractivity contribution in [3.05, 3.63) is 28.7 Å². The van der Waals surface area contributed by atoms with Crippen LogP contribution in [0.4, 0.5) is 0 Å². The van der Waals surface area contributed by atoms with Crippen LogP contribution in [-0.2, 0) is 0 Å². The Kier molecular flexibility index (Phi) is 4.34. The second-order valence-electron chi connectivity index (χ2n) is 6.20. The van der Waals surface area contributed by atoms with Gasteiger partial charge in [0.25, 0.3) is 0 Å². The van der Waals surface area contributed by atoms with Crippen molar-refractivity contribution < 1.29 is 4.74 Å². The number of hydrogen-bond donors (Lipinski definition) is 1. The minimum atomic E-state index is 0.329. The number of rotatable bonds is 5. The summed E-state index contributed by atoms with van der Waals surface area (Å²) in [4.78, 5) is 2.54. The number of piperazine rings is 1. The van der Waals surface area contributed by atoms with Crippen LogP contribution in [0.3, 0.4) is 0 Å². The summed E-state index contributed by atoms with van der Waals surface area (Å²) in [5.41, 5.74) is 0.329. The molecule has 1 aliphatic heterocycles. The van der Waals surface area contributed by atoms with Crippen molar-refractivity contribution in [2.24, 2.45) is 5.92 Å². The van der Waals surface area contributed by atoms with E-state index in [0.29, 0.717) is 5.54 Å². The molecule has 3 rings (SSSR count). The lowest BCUT2D eigenvalue weighted by Gasteiger charge is -2.42. The third-order valence-corrected chi connectivity index (χ3v) is 5.01. The van der Waals surface area contributed by atoms with E-state index >= 15 is 0 Å². The number of hydrogen-bond acceptors (Lipinski definition) is 3. The van der Waals surface area contributed by atoms with Crippen LogP contribution in [0, 0.1) is 5.92 Å². The molecule has 0 spiro atoms. The fourth-order valence-electron chi connectivity index (χ4n) is 3.11. The van der Waals surface area contributed by atoms with Crippen molar-refractivity contribution in [2.45, 2.75) is 25.3 Å². The van der Waals surface area contributed by atoms with Crippen LogP contribution in [0.5, 0.6) is 5.75 Å². The quantitative estimate of drug-likeness (QED) is 0.893. The fourth-order valence-corrected chi connectivity index (χ4v) is 3.37. The predicted molar refractivity (Wildman–Crippen MR) is 85.2 cm³/mol. The van der Waals surface area contributed by atoms with Gasteiger partial charge in [-0.2, -0.15) is 0 Å². The lowest BCUT2D eigenvalue weighted by molar-refractivity contribution is 0.111. The molecule has 1 heterocycles. The molecule has 1 saturated carbocycles. The van der Waals surface area contributed by atoms with Gasteiger partial charge < -0.3 is 10.1 Å². The van der Waals surface area contributed by atoms with Crippen molar-refractivity contribution in [2.75, 3.05) is 32.8 Å². The van der Waals surface area contributed by atoms with Gasteiger partial charge in [0.1, 0.15) is 12.4 Å². The third-order valence-electron chi connectivity index (χ3n) is 4.48. The molecule has 1 N–H and O–H groups in total. The number of nitrogens with one attached hydrogen (secondary N) is 1. The Balaban J connectivity index is 1.45. The van der Waals surface area contributed by atoms with E-state index in [-0.39, 0.29) is 0 Å². The Morgan fingerprint density at radius 1 is 1.35 bits per heavy atom. The second-order valence-corrected chi connectivity index (χ2v) is 7.11. The molecule has 1 atom stereocenters. The molecular formula is C16H23BrN2O. The van der Waals surface area contributed by atoms with Crippen LogP contribution in [0.2, 0.25) is 0 Å². The fraction of sp³-hybridized carbons (Fsp3) is 0.625. The first-order chi connectivity index (χ1) is 9.66. The van der Waals surface area contributed by atoms with Crippen LogP contribution >= 0.6 is 15.9 Å². The van der Waals surface area contributed by atoms with Crippen molar-refractivity contribution >= 4 is 15.9 Å². The highest BCUT2D eigenvalue weighted by Gasteiger charge is 2.43. The largest absolute Gasteiger partial charge is 0.492 e. The Morgan fingerprint density at radius 3 is 2.80 bits per heavy atom. The lowest BCUT2D eigenvalue weighted by atomic mass is 9.93. The molecule has 0 aromatic heterocycles. The normalized spacial score (nSPS) is 27.5. The molecule has 2 aliphatic rings. The van der Waals surface area contributed by atoms with Crippen LogP contribution in [0.25, 0.3) is 0 Å². The maximum atomic E-state index is 5.83. The summed E-state index contributed by atoms with van der Waals surface area (Å²) in [5, 5.41) is 3.71. The predicted octanol–water partition coefficient (Wildman–Crippen LogP) is 2.90. The monoisotopic (exact) mass is 338 g/mol. The van der Waals surface area contributed by atoms with Crippen LogP contribution in [-0.4, -0.2) is 43.2 Å². The first-order valence-electron chi connectivity index (χ1n) is 7.51. The summed E-state index contributed by atoms with van der Waals surface area (Å²) in [5.74, 6) is 1.84. The van der Waals surface area contributed by atoms with Crippen LogP contribution < -0.4 is 10.1 Å². The van der Waals surface area contributed by atoms with E-state index in [9.17, 15) is 0 Å². The zero-order chi connectivity index (χ0) is 14.0. The Bertz CT molecular complexity index is 446. The number of nitrogens with zero attached hydrogens (tertiary/aromatic N) is 1. The van der Waals surface area contributed by atoms with E-state index in [0.717, 1.165) is 48.9 Å². The van der Waals surface area contributed by atoms with Gasteiger partial charge in [-0.15, -0.1) is 0 Å². The highest BCUT2D eigenvalue weighted by Crippen LogP contribution is 2.40. The molecule has 110 valence electrons. The van der Waals surface area contributed by atoms with E-state index in [1.54, 1.807) is 0 Å². The molecule has 1 aliphatic carbocycles. The topological polar surface area (TPSA) is 24.5 Å². The molecule has 0 bridgehead atoms. The highest BCUT2D eigenvalue weighted by atomic mass is 79.9. The zero-order valence-corrected chi connectivity index (χ0v) is 13.7. The molecule has 0 amide bonds. The summed E-state index contributed by atoms with van der Waals surface area (Å²) < 4.78 is 6.92. The molecular weight excluding hydrogens is 316 g/mol. The molecule has 1 saturated heterocycles. The Morgan fingerprint density at radius 2 is 2.10 bits per heavy atom. The molecule has 0 radical (unpaired) electrons. The summed E-state index contributed by atoms with van der Waals surface area (Å²) in [7, 11) is 0. The first-order valence-corrected chi connectivity index (χ1v) is 8.31. The van der Waals surface area contributed by atoms with Crippen molar-refractivity contribution in [3.8, 4) is 5.75 Å². The van der Waals surface area contributed by atoms with Crippen molar-refractivity contribution in [1.29, 1.82) is 0 Å². The van der Waals surface area contributed by atoms with Crippen molar-refractivity contribution in [3.63, 3.8) is 0 Å². The van der Waals surface area contributed by atoms with Crippen LogP contribution in [0.15, 0.2) is 28.7 Å². The van der Waals surface area contributed by atoms with Gasteiger partial charge in [-0.05, 0) is 49.9 Å². The van der Waals surface area contributed by atoms with E-state index < -0.39 is 0 Å². The van der Waals surface area contributed by atoms with Gasteiger partial charge in [-0.25, -0.2) is 0 Å². The Hall–Kier alpha value is -0.580. The molecule has 1 aromatic rings. The van der Waals surface area contributed by atoms with E-state index in [1.807, 2.05) is 24.3 Å².